The number of carbonyl (C=O) groups excluding carboxylic acids is 2. The lowest BCUT2D eigenvalue weighted by molar-refractivity contribution is -0.130. The SMILES string of the molecule is O=C(C[C@H]1Oc2ccccc2NC1=O)NNc1c(F)c(F)c(F)c(F)c1F. The normalized spacial score (nSPS) is 15.4. The molecule has 2 aromatic carbocycles. The maximum atomic E-state index is 13.5. The van der Waals surface area contributed by atoms with E-state index in [4.69, 9.17) is 4.74 Å². The van der Waals surface area contributed by atoms with Gasteiger partial charge in [-0.15, -0.1) is 0 Å². The summed E-state index contributed by atoms with van der Waals surface area (Å²) >= 11 is 0. The molecule has 0 bridgehead atoms. The molecule has 2 amide bonds. The van der Waals surface area contributed by atoms with Crippen molar-refractivity contribution in [3.63, 3.8) is 0 Å². The zero-order valence-corrected chi connectivity index (χ0v) is 13.2. The number of rotatable bonds is 4. The Hall–Kier alpha value is -3.37. The summed E-state index contributed by atoms with van der Waals surface area (Å²) in [5, 5.41) is 2.50. The molecule has 1 atom stereocenters. The Morgan fingerprint density at radius 2 is 1.59 bits per heavy atom. The quantitative estimate of drug-likeness (QED) is 0.326. The van der Waals surface area contributed by atoms with Crippen LogP contribution in [-0.4, -0.2) is 17.9 Å². The number of fused-ring (bicyclic) bond motifs is 1. The molecular weight excluding hydrogens is 377 g/mol. The average molecular weight is 387 g/mol. The van der Waals surface area contributed by atoms with Crippen molar-refractivity contribution < 1.29 is 36.3 Å². The number of nitrogens with one attached hydrogen (secondary N) is 3. The van der Waals surface area contributed by atoms with E-state index in [-0.39, 0.29) is 0 Å². The largest absolute Gasteiger partial charge is 0.478 e. The molecule has 0 fully saturated rings. The van der Waals surface area contributed by atoms with Crippen molar-refractivity contribution in [1.29, 1.82) is 0 Å². The molecule has 1 aliphatic rings. The van der Waals surface area contributed by atoms with E-state index in [1.54, 1.807) is 35.1 Å². The molecule has 6 nitrogen and oxygen atoms in total. The van der Waals surface area contributed by atoms with Crippen LogP contribution in [0.5, 0.6) is 5.75 Å². The van der Waals surface area contributed by atoms with Crippen molar-refractivity contribution in [2.75, 3.05) is 10.7 Å². The highest BCUT2D eigenvalue weighted by atomic mass is 19.2. The van der Waals surface area contributed by atoms with Crippen LogP contribution in [0.1, 0.15) is 6.42 Å². The maximum Gasteiger partial charge on any atom is 0.266 e. The Bertz CT molecular complexity index is 909. The molecule has 0 aliphatic carbocycles. The predicted molar refractivity (Wildman–Crippen MR) is 82.1 cm³/mol. The lowest BCUT2D eigenvalue weighted by Crippen LogP contribution is -2.42. The van der Waals surface area contributed by atoms with Gasteiger partial charge in [0.05, 0.1) is 12.1 Å². The minimum atomic E-state index is -2.33. The number of halogens is 5. The van der Waals surface area contributed by atoms with Gasteiger partial charge in [-0.3, -0.25) is 20.4 Å². The van der Waals surface area contributed by atoms with Gasteiger partial charge in [-0.05, 0) is 12.1 Å². The zero-order valence-electron chi connectivity index (χ0n) is 13.2. The first kappa shape index (κ1) is 18.4. The molecular formula is C16H10F5N3O3. The van der Waals surface area contributed by atoms with Gasteiger partial charge in [0.15, 0.2) is 29.4 Å². The highest BCUT2D eigenvalue weighted by Gasteiger charge is 2.30. The van der Waals surface area contributed by atoms with E-state index in [0.29, 0.717) is 11.4 Å². The van der Waals surface area contributed by atoms with Crippen LogP contribution in [0, 0.1) is 29.1 Å². The van der Waals surface area contributed by atoms with Gasteiger partial charge in [0.25, 0.3) is 5.91 Å². The molecule has 142 valence electrons. The van der Waals surface area contributed by atoms with Gasteiger partial charge in [0.1, 0.15) is 11.4 Å². The second-order valence-electron chi connectivity index (χ2n) is 5.41. The van der Waals surface area contributed by atoms with Gasteiger partial charge in [-0.25, -0.2) is 22.0 Å². The van der Waals surface area contributed by atoms with Gasteiger partial charge >= 0.3 is 0 Å². The van der Waals surface area contributed by atoms with Crippen molar-refractivity contribution in [3.05, 3.63) is 53.4 Å². The van der Waals surface area contributed by atoms with Gasteiger partial charge in [0.2, 0.25) is 11.7 Å². The van der Waals surface area contributed by atoms with Crippen LogP contribution >= 0.6 is 0 Å². The summed E-state index contributed by atoms with van der Waals surface area (Å²) in [5.41, 5.74) is 2.36. The molecule has 11 heteroatoms. The highest BCUT2D eigenvalue weighted by Crippen LogP contribution is 2.30. The zero-order chi connectivity index (χ0) is 19.7. The van der Waals surface area contributed by atoms with E-state index in [0.717, 1.165) is 0 Å². The number of ether oxygens (including phenoxy) is 1. The van der Waals surface area contributed by atoms with Gasteiger partial charge in [0, 0.05) is 0 Å². The van der Waals surface area contributed by atoms with Crippen molar-refractivity contribution in [1.82, 2.24) is 5.43 Å². The summed E-state index contributed by atoms with van der Waals surface area (Å²) in [7, 11) is 0. The Morgan fingerprint density at radius 3 is 2.26 bits per heavy atom. The van der Waals surface area contributed by atoms with Crippen molar-refractivity contribution in [2.45, 2.75) is 12.5 Å². The van der Waals surface area contributed by atoms with E-state index in [9.17, 15) is 31.5 Å². The monoisotopic (exact) mass is 387 g/mol. The smallest absolute Gasteiger partial charge is 0.266 e. The molecule has 1 heterocycles. The summed E-state index contributed by atoms with van der Waals surface area (Å²) in [6.07, 6.45) is -1.83. The Labute approximate surface area is 148 Å². The van der Waals surface area contributed by atoms with Crippen LogP contribution in [-0.2, 0) is 9.59 Å². The number of hydrogen-bond donors (Lipinski definition) is 3. The van der Waals surface area contributed by atoms with E-state index >= 15 is 0 Å². The Balaban J connectivity index is 1.67. The molecule has 2 aromatic rings. The fourth-order valence-corrected chi connectivity index (χ4v) is 2.29. The van der Waals surface area contributed by atoms with Gasteiger partial charge in [-0.2, -0.15) is 0 Å². The summed E-state index contributed by atoms with van der Waals surface area (Å²) in [6, 6.07) is 6.42. The van der Waals surface area contributed by atoms with Gasteiger partial charge < -0.3 is 10.1 Å². The standard InChI is InChI=1S/C16H10F5N3O3/c17-10-11(18)13(20)15(14(21)12(10)19)24-23-9(25)5-8-16(26)22-6-3-1-2-4-7(6)27-8/h1-4,8,24H,5H2,(H,22,26)(H,23,25)/t8-/m1/s1. The highest BCUT2D eigenvalue weighted by molar-refractivity contribution is 6.00. The number of anilines is 2. The molecule has 0 saturated carbocycles. The first-order valence-electron chi connectivity index (χ1n) is 7.42. The summed E-state index contributed by atoms with van der Waals surface area (Å²) in [4.78, 5) is 23.8. The number of hydrazine groups is 1. The molecule has 0 spiro atoms. The Morgan fingerprint density at radius 1 is 1.00 bits per heavy atom. The molecule has 27 heavy (non-hydrogen) atoms. The van der Waals surface area contributed by atoms with Crippen LogP contribution in [0.3, 0.4) is 0 Å². The lowest BCUT2D eigenvalue weighted by Gasteiger charge is -2.25. The van der Waals surface area contributed by atoms with Crippen LogP contribution in [0.4, 0.5) is 33.3 Å². The van der Waals surface area contributed by atoms with Crippen LogP contribution in [0.25, 0.3) is 0 Å². The molecule has 0 aromatic heterocycles. The minimum Gasteiger partial charge on any atom is -0.478 e. The van der Waals surface area contributed by atoms with Crippen LogP contribution in [0.15, 0.2) is 24.3 Å². The number of benzene rings is 2. The number of carbonyl (C=O) groups is 2. The first-order chi connectivity index (χ1) is 12.8. The summed E-state index contributed by atoms with van der Waals surface area (Å²) < 4.78 is 71.6. The number of amides is 2. The maximum absolute atomic E-state index is 13.5. The molecule has 0 saturated heterocycles. The third kappa shape index (κ3) is 3.48. The van der Waals surface area contributed by atoms with Crippen molar-refractivity contribution in [2.24, 2.45) is 0 Å². The number of para-hydroxylation sites is 2. The molecule has 0 radical (unpaired) electrons. The minimum absolute atomic E-state index is 0.308. The average Bonchev–Trinajstić information content (AvgIpc) is 2.65. The second-order valence-corrected chi connectivity index (χ2v) is 5.41. The lowest BCUT2D eigenvalue weighted by atomic mass is 10.1. The molecule has 0 unspecified atom stereocenters. The number of hydrogen-bond acceptors (Lipinski definition) is 4. The second kappa shape index (κ2) is 7.09. The Kier molecular flexibility index (Phi) is 4.84. The molecule has 1 aliphatic heterocycles. The van der Waals surface area contributed by atoms with E-state index < -0.39 is 59.1 Å². The van der Waals surface area contributed by atoms with Crippen LogP contribution in [0.2, 0.25) is 0 Å². The van der Waals surface area contributed by atoms with E-state index in [2.05, 4.69) is 5.32 Å². The van der Waals surface area contributed by atoms with E-state index in [1.807, 2.05) is 0 Å². The van der Waals surface area contributed by atoms with Crippen molar-refractivity contribution >= 4 is 23.2 Å². The summed E-state index contributed by atoms with van der Waals surface area (Å²) in [5.74, 6) is -12.3. The third-order valence-corrected chi connectivity index (χ3v) is 3.61. The topological polar surface area (TPSA) is 79.5 Å². The van der Waals surface area contributed by atoms with Gasteiger partial charge in [-0.1, -0.05) is 12.1 Å². The molecule has 3 rings (SSSR count). The predicted octanol–water partition coefficient (Wildman–Crippen LogP) is 2.61. The van der Waals surface area contributed by atoms with Crippen molar-refractivity contribution in [3.8, 4) is 5.75 Å². The third-order valence-electron chi connectivity index (χ3n) is 3.61. The fraction of sp³-hybridized carbons (Fsp3) is 0.125. The first-order valence-corrected chi connectivity index (χ1v) is 7.42. The van der Waals surface area contributed by atoms with E-state index in [1.165, 1.54) is 0 Å². The summed E-state index contributed by atoms with van der Waals surface area (Å²) in [6.45, 7) is 0. The molecule has 3 N–H and O–H groups in total. The van der Waals surface area contributed by atoms with Crippen LogP contribution < -0.4 is 20.9 Å². The fourth-order valence-electron chi connectivity index (χ4n) is 2.29.